The summed E-state index contributed by atoms with van der Waals surface area (Å²) in [6.45, 7) is 2.43. The normalized spacial score (nSPS) is 14.7. The number of aromatic amines is 1. The molecule has 3 N–H and O–H groups in total. The lowest BCUT2D eigenvalue weighted by Crippen LogP contribution is -2.33. The summed E-state index contributed by atoms with van der Waals surface area (Å²) >= 11 is 1.55. The lowest BCUT2D eigenvalue weighted by Gasteiger charge is -2.34. The molecule has 1 fully saturated rings. The van der Waals surface area contributed by atoms with Crippen LogP contribution in [0.25, 0.3) is 10.4 Å². The van der Waals surface area contributed by atoms with Crippen molar-refractivity contribution in [1.29, 1.82) is 0 Å². The van der Waals surface area contributed by atoms with Crippen molar-refractivity contribution in [2.75, 3.05) is 11.9 Å². The Labute approximate surface area is 188 Å². The van der Waals surface area contributed by atoms with Crippen molar-refractivity contribution in [3.8, 4) is 16.3 Å². The van der Waals surface area contributed by atoms with Crippen molar-refractivity contribution in [3.05, 3.63) is 53.1 Å². The molecule has 5 rings (SSSR count). The SMILES string of the molecule is Cc1cc(Nc2nccc(OCCc3nnn[nH]3)n2)cc(-c2cnc(C3(O)CCC3)s2)c1. The summed E-state index contributed by atoms with van der Waals surface area (Å²) in [5, 5.41) is 28.2. The number of thiazole rings is 1. The molecule has 10 nitrogen and oxygen atoms in total. The Morgan fingerprint density at radius 1 is 1.25 bits per heavy atom. The van der Waals surface area contributed by atoms with Crippen LogP contribution in [0.15, 0.2) is 36.7 Å². The molecule has 0 radical (unpaired) electrons. The number of anilines is 2. The first-order valence-corrected chi connectivity index (χ1v) is 11.2. The first-order valence-electron chi connectivity index (χ1n) is 10.3. The van der Waals surface area contributed by atoms with Gasteiger partial charge in [-0.05, 0) is 59.9 Å². The van der Waals surface area contributed by atoms with E-state index in [0.717, 1.165) is 46.0 Å². The van der Waals surface area contributed by atoms with Crippen LogP contribution in [0.2, 0.25) is 0 Å². The maximum atomic E-state index is 10.6. The predicted molar refractivity (Wildman–Crippen MR) is 119 cm³/mol. The van der Waals surface area contributed by atoms with E-state index in [4.69, 9.17) is 4.74 Å². The molecule has 1 aromatic carbocycles. The Kier molecular flexibility index (Phi) is 5.50. The average Bonchev–Trinajstić information content (AvgIpc) is 3.44. The zero-order valence-corrected chi connectivity index (χ0v) is 18.3. The second kappa shape index (κ2) is 8.60. The number of rotatable bonds is 8. The highest BCUT2D eigenvalue weighted by Gasteiger charge is 2.39. The van der Waals surface area contributed by atoms with E-state index in [1.807, 2.05) is 25.3 Å². The van der Waals surface area contributed by atoms with Gasteiger partial charge in [-0.2, -0.15) is 4.98 Å². The van der Waals surface area contributed by atoms with E-state index >= 15 is 0 Å². The van der Waals surface area contributed by atoms with Gasteiger partial charge in [0.2, 0.25) is 11.8 Å². The number of hydrogen-bond donors (Lipinski definition) is 3. The zero-order valence-electron chi connectivity index (χ0n) is 17.4. The molecule has 1 aliphatic carbocycles. The first-order chi connectivity index (χ1) is 15.6. The molecule has 164 valence electrons. The van der Waals surface area contributed by atoms with Gasteiger partial charge in [0, 0.05) is 30.6 Å². The molecule has 0 spiro atoms. The summed E-state index contributed by atoms with van der Waals surface area (Å²) in [6.07, 6.45) is 6.64. The number of aromatic nitrogens is 7. The van der Waals surface area contributed by atoms with Crippen LogP contribution in [-0.2, 0) is 12.0 Å². The second-order valence-corrected chi connectivity index (χ2v) is 8.82. The number of aryl methyl sites for hydroxylation is 1. The Morgan fingerprint density at radius 3 is 2.94 bits per heavy atom. The molecule has 1 aliphatic rings. The van der Waals surface area contributed by atoms with Crippen LogP contribution in [0.5, 0.6) is 5.88 Å². The molecular weight excluding hydrogens is 428 g/mol. The van der Waals surface area contributed by atoms with E-state index < -0.39 is 5.60 Å². The molecule has 0 bridgehead atoms. The van der Waals surface area contributed by atoms with Crippen molar-refractivity contribution in [2.45, 2.75) is 38.2 Å². The Bertz CT molecular complexity index is 1210. The molecule has 0 unspecified atom stereocenters. The average molecular weight is 451 g/mol. The van der Waals surface area contributed by atoms with E-state index in [1.165, 1.54) is 0 Å². The smallest absolute Gasteiger partial charge is 0.230 e. The molecule has 3 heterocycles. The fraction of sp³-hybridized carbons (Fsp3) is 0.333. The Morgan fingerprint density at radius 2 is 2.16 bits per heavy atom. The largest absolute Gasteiger partial charge is 0.477 e. The van der Waals surface area contributed by atoms with Crippen LogP contribution in [0, 0.1) is 6.92 Å². The number of nitrogens with one attached hydrogen (secondary N) is 2. The molecule has 4 aromatic rings. The minimum atomic E-state index is -0.744. The maximum Gasteiger partial charge on any atom is 0.230 e. The number of ether oxygens (including phenoxy) is 1. The van der Waals surface area contributed by atoms with Crippen LogP contribution in [0.1, 0.15) is 35.7 Å². The van der Waals surface area contributed by atoms with Gasteiger partial charge in [-0.3, -0.25) is 0 Å². The quantitative estimate of drug-likeness (QED) is 0.370. The monoisotopic (exact) mass is 450 g/mol. The second-order valence-electron chi connectivity index (χ2n) is 7.79. The first kappa shape index (κ1) is 20.5. The van der Waals surface area contributed by atoms with Gasteiger partial charge >= 0.3 is 0 Å². The van der Waals surface area contributed by atoms with E-state index in [9.17, 15) is 5.11 Å². The molecular formula is C21H22N8O2S. The van der Waals surface area contributed by atoms with Gasteiger partial charge in [0.1, 0.15) is 10.6 Å². The Balaban J connectivity index is 1.29. The molecule has 3 aromatic heterocycles. The minimum Gasteiger partial charge on any atom is -0.477 e. The summed E-state index contributed by atoms with van der Waals surface area (Å²) in [6, 6.07) is 7.86. The zero-order chi connectivity index (χ0) is 22.0. The molecule has 32 heavy (non-hydrogen) atoms. The summed E-state index contributed by atoms with van der Waals surface area (Å²) in [7, 11) is 0. The van der Waals surface area contributed by atoms with Gasteiger partial charge in [-0.15, -0.1) is 16.4 Å². The van der Waals surface area contributed by atoms with Crippen LogP contribution < -0.4 is 10.1 Å². The van der Waals surface area contributed by atoms with Crippen LogP contribution >= 0.6 is 11.3 Å². The van der Waals surface area contributed by atoms with E-state index in [2.05, 4.69) is 47.0 Å². The molecule has 0 amide bonds. The minimum absolute atomic E-state index is 0.391. The number of benzene rings is 1. The van der Waals surface area contributed by atoms with Crippen molar-refractivity contribution in [3.63, 3.8) is 0 Å². The molecule has 0 atom stereocenters. The summed E-state index contributed by atoms with van der Waals surface area (Å²) in [5.74, 6) is 1.55. The van der Waals surface area contributed by atoms with E-state index in [1.54, 1.807) is 23.6 Å². The summed E-state index contributed by atoms with van der Waals surface area (Å²) < 4.78 is 5.69. The van der Waals surface area contributed by atoms with Gasteiger partial charge < -0.3 is 15.2 Å². The Hall–Kier alpha value is -3.44. The van der Waals surface area contributed by atoms with Gasteiger partial charge in [0.05, 0.1) is 11.5 Å². The van der Waals surface area contributed by atoms with E-state index in [0.29, 0.717) is 30.7 Å². The van der Waals surface area contributed by atoms with Crippen LogP contribution in [-0.4, -0.2) is 47.3 Å². The topological polar surface area (TPSA) is 135 Å². The molecule has 0 aliphatic heterocycles. The van der Waals surface area contributed by atoms with Crippen molar-refractivity contribution in [1.82, 2.24) is 35.6 Å². The standard InChI is InChI=1S/C21H22N8O2S/c1-13-9-14(16-12-23-19(32-16)21(30)5-2-6-21)11-15(10-13)24-20-22-7-3-18(25-20)31-8-4-17-26-28-29-27-17/h3,7,9-12,30H,2,4-6,8H2,1H3,(H,22,24,25)(H,26,27,28,29). The fourth-order valence-corrected chi connectivity index (χ4v) is 4.54. The van der Waals surface area contributed by atoms with Gasteiger partial charge in [-0.1, -0.05) is 6.07 Å². The molecule has 1 saturated carbocycles. The van der Waals surface area contributed by atoms with Crippen LogP contribution in [0.3, 0.4) is 0 Å². The highest BCUT2D eigenvalue weighted by Crippen LogP contribution is 2.44. The van der Waals surface area contributed by atoms with Gasteiger partial charge in [0.15, 0.2) is 5.82 Å². The van der Waals surface area contributed by atoms with E-state index in [-0.39, 0.29) is 0 Å². The van der Waals surface area contributed by atoms with Crippen molar-refractivity contribution in [2.24, 2.45) is 0 Å². The fourth-order valence-electron chi connectivity index (χ4n) is 3.49. The molecule has 0 saturated heterocycles. The number of aliphatic hydroxyl groups is 1. The van der Waals surface area contributed by atoms with Crippen molar-refractivity contribution < 1.29 is 9.84 Å². The van der Waals surface area contributed by atoms with Gasteiger partial charge in [0.25, 0.3) is 0 Å². The highest BCUT2D eigenvalue weighted by molar-refractivity contribution is 7.15. The third kappa shape index (κ3) is 4.43. The van der Waals surface area contributed by atoms with Gasteiger partial charge in [-0.25, -0.2) is 15.1 Å². The predicted octanol–water partition coefficient (Wildman–Crippen LogP) is 3.16. The van der Waals surface area contributed by atoms with Crippen LogP contribution in [0.4, 0.5) is 11.6 Å². The van der Waals surface area contributed by atoms with Crippen molar-refractivity contribution >= 4 is 23.0 Å². The third-order valence-electron chi connectivity index (χ3n) is 5.31. The number of hydrogen-bond acceptors (Lipinski definition) is 10. The highest BCUT2D eigenvalue weighted by atomic mass is 32.1. The number of tetrazole rings is 1. The lowest BCUT2D eigenvalue weighted by atomic mass is 9.81. The molecule has 11 heteroatoms. The third-order valence-corrected chi connectivity index (χ3v) is 6.55. The number of nitrogens with zero attached hydrogens (tertiary/aromatic N) is 6. The number of H-pyrrole nitrogens is 1. The maximum absolute atomic E-state index is 10.6. The summed E-state index contributed by atoms with van der Waals surface area (Å²) in [4.78, 5) is 14.2. The summed E-state index contributed by atoms with van der Waals surface area (Å²) in [5.41, 5.74) is 2.25. The lowest BCUT2D eigenvalue weighted by molar-refractivity contribution is -0.0389.